The lowest BCUT2D eigenvalue weighted by Crippen LogP contribution is -1.91. The summed E-state index contributed by atoms with van der Waals surface area (Å²) in [5.74, 6) is 0.914. The van der Waals surface area contributed by atoms with Crippen LogP contribution in [-0.4, -0.2) is 29.2 Å². The van der Waals surface area contributed by atoms with Crippen molar-refractivity contribution in [3.8, 4) is 0 Å². The van der Waals surface area contributed by atoms with Gasteiger partial charge in [0.1, 0.15) is 0 Å². The van der Waals surface area contributed by atoms with E-state index < -0.39 is 10.4 Å². The maximum Gasteiger partial charge on any atom is 0.0431 e. The summed E-state index contributed by atoms with van der Waals surface area (Å²) in [6.45, 7) is 4.98. The zero-order valence-corrected chi connectivity index (χ0v) is 12.2. The average Bonchev–Trinajstić information content (AvgIpc) is 2.25. The first kappa shape index (κ1) is 20.2. The summed E-state index contributed by atoms with van der Waals surface area (Å²) in [5, 5.41) is 8.57. The first-order chi connectivity index (χ1) is 8.31. The fourth-order valence-electron chi connectivity index (χ4n) is 1.52. The Morgan fingerprint density at radius 2 is 1.39 bits per heavy atom. The third-order valence-corrected chi connectivity index (χ3v) is 2.80. The molecule has 0 saturated carbocycles. The minimum absolute atomic E-state index is 0.368. The van der Waals surface area contributed by atoms with Gasteiger partial charge in [0.15, 0.2) is 0 Å². The highest BCUT2D eigenvalue weighted by Gasteiger charge is 1.97. The number of aliphatic hydroxyl groups is 1. The van der Waals surface area contributed by atoms with Gasteiger partial charge in [0.05, 0.1) is 0 Å². The molecule has 112 valence electrons. The Kier molecular flexibility index (Phi) is 14.9. The highest BCUT2D eigenvalue weighted by atomic mass is 32.3. The zero-order chi connectivity index (χ0) is 14.4. The quantitative estimate of drug-likeness (QED) is 0.397. The number of unbranched alkanes of at least 4 members (excludes halogenated alkanes) is 5. The lowest BCUT2D eigenvalue weighted by atomic mass is 10.00. The van der Waals surface area contributed by atoms with Crippen LogP contribution in [0.3, 0.4) is 0 Å². The summed E-state index contributed by atoms with van der Waals surface area (Å²) in [6.07, 6.45) is 10.4. The second kappa shape index (κ2) is 13.3. The lowest BCUT2D eigenvalue weighted by Gasteiger charge is -2.07. The van der Waals surface area contributed by atoms with Gasteiger partial charge in [0, 0.05) is 17.0 Å². The first-order valence-electron chi connectivity index (χ1n) is 6.58. The summed E-state index contributed by atoms with van der Waals surface area (Å²) < 4.78 is 34.1. The van der Waals surface area contributed by atoms with E-state index in [1.165, 1.54) is 44.9 Å². The number of hydrogen-bond acceptors (Lipinski definition) is 5. The van der Waals surface area contributed by atoms with Crippen LogP contribution in [-0.2, 0) is 10.4 Å². The predicted octanol–water partition coefficient (Wildman–Crippen LogP) is 2.42. The van der Waals surface area contributed by atoms with E-state index in [0.29, 0.717) is 6.61 Å². The van der Waals surface area contributed by atoms with Crippen molar-refractivity contribution in [1.29, 1.82) is 0 Å². The van der Waals surface area contributed by atoms with Crippen molar-refractivity contribution < 1.29 is 22.6 Å². The van der Waals surface area contributed by atoms with Crippen LogP contribution in [0.1, 0.15) is 65.2 Å². The molecule has 0 bridgehead atoms. The van der Waals surface area contributed by atoms with Gasteiger partial charge in [0.2, 0.25) is 0 Å². The highest BCUT2D eigenvalue weighted by Crippen LogP contribution is 2.13. The molecule has 0 aromatic heterocycles. The topological polar surface area (TPSA) is 100 Å². The molecule has 0 aliphatic rings. The van der Waals surface area contributed by atoms with Crippen LogP contribution >= 0.6 is 0 Å². The van der Waals surface area contributed by atoms with Crippen molar-refractivity contribution in [2.75, 3.05) is 6.61 Å². The third-order valence-electron chi connectivity index (χ3n) is 2.80. The van der Waals surface area contributed by atoms with Crippen LogP contribution in [0.2, 0.25) is 0 Å². The average molecular weight is 282 g/mol. The van der Waals surface area contributed by atoms with E-state index in [1.807, 2.05) is 0 Å². The molecule has 0 aromatic rings. The maximum absolute atomic E-state index is 8.57. The van der Waals surface area contributed by atoms with Crippen molar-refractivity contribution in [3.63, 3.8) is 0 Å². The fourth-order valence-corrected chi connectivity index (χ4v) is 1.52. The Morgan fingerprint density at radius 3 is 1.78 bits per heavy atom. The Morgan fingerprint density at radius 1 is 1.00 bits per heavy atom. The molecule has 1 atom stereocenters. The van der Waals surface area contributed by atoms with Gasteiger partial charge >= 0.3 is 0 Å². The summed E-state index contributed by atoms with van der Waals surface area (Å²) in [5.41, 5.74) is 0. The molecule has 1 N–H and O–H groups in total. The molecule has 0 radical (unpaired) electrons. The normalized spacial score (nSPS) is 12.7. The molecule has 0 aliphatic carbocycles. The number of hydrogen-bond donors (Lipinski definition) is 1. The standard InChI is InChI=1S/C12H26O.H2O4S/c1-3-12(2)10-8-6-4-5-7-9-11-13;1-5(2,3)4/h12-13H,3-11H2,1-2H3;(H2,1,2,3,4)/p-2. The molecule has 0 aliphatic heterocycles. The second-order valence-electron chi connectivity index (χ2n) is 4.56. The van der Waals surface area contributed by atoms with Gasteiger partial charge in [-0.15, -0.1) is 0 Å². The predicted molar refractivity (Wildman–Crippen MR) is 69.3 cm³/mol. The van der Waals surface area contributed by atoms with E-state index in [1.54, 1.807) is 0 Å². The minimum atomic E-state index is -5.17. The summed E-state index contributed by atoms with van der Waals surface area (Å²) in [4.78, 5) is 0. The van der Waals surface area contributed by atoms with Crippen LogP contribution in [0.4, 0.5) is 0 Å². The molecule has 0 heterocycles. The van der Waals surface area contributed by atoms with E-state index >= 15 is 0 Å². The van der Waals surface area contributed by atoms with Crippen molar-refractivity contribution in [2.45, 2.75) is 65.2 Å². The van der Waals surface area contributed by atoms with Gasteiger partial charge in [-0.3, -0.25) is 8.42 Å². The molecule has 6 heteroatoms. The Hall–Kier alpha value is -0.170. The maximum atomic E-state index is 8.57. The zero-order valence-electron chi connectivity index (χ0n) is 11.4. The molecule has 0 spiro atoms. The van der Waals surface area contributed by atoms with Gasteiger partial charge in [0.25, 0.3) is 0 Å². The van der Waals surface area contributed by atoms with Crippen LogP contribution in [0.15, 0.2) is 0 Å². The monoisotopic (exact) mass is 282 g/mol. The minimum Gasteiger partial charge on any atom is -0.759 e. The molecular formula is C12H26O5S-2. The summed E-state index contributed by atoms with van der Waals surface area (Å²) in [7, 11) is -5.17. The second-order valence-corrected chi connectivity index (χ2v) is 5.37. The van der Waals surface area contributed by atoms with Crippen molar-refractivity contribution >= 4 is 10.4 Å². The summed E-state index contributed by atoms with van der Waals surface area (Å²) in [6, 6.07) is 0. The molecule has 5 nitrogen and oxygen atoms in total. The third kappa shape index (κ3) is 29.7. The summed E-state index contributed by atoms with van der Waals surface area (Å²) >= 11 is 0. The molecule has 18 heavy (non-hydrogen) atoms. The van der Waals surface area contributed by atoms with Gasteiger partial charge < -0.3 is 14.2 Å². The molecule has 0 rings (SSSR count). The number of aliphatic hydroxyl groups excluding tert-OH is 1. The van der Waals surface area contributed by atoms with Crippen molar-refractivity contribution in [2.24, 2.45) is 5.92 Å². The molecule has 1 unspecified atom stereocenters. The Labute approximate surface area is 111 Å². The number of rotatable bonds is 9. The van der Waals surface area contributed by atoms with E-state index in [4.69, 9.17) is 22.6 Å². The molecular weight excluding hydrogens is 256 g/mol. The first-order valence-corrected chi connectivity index (χ1v) is 7.92. The van der Waals surface area contributed by atoms with E-state index in [9.17, 15) is 0 Å². The van der Waals surface area contributed by atoms with Crippen LogP contribution in [0.25, 0.3) is 0 Å². The van der Waals surface area contributed by atoms with E-state index in [0.717, 1.165) is 12.3 Å². The Bertz CT molecular complexity index is 243. The van der Waals surface area contributed by atoms with Crippen molar-refractivity contribution in [3.05, 3.63) is 0 Å². The van der Waals surface area contributed by atoms with Crippen molar-refractivity contribution in [1.82, 2.24) is 0 Å². The smallest absolute Gasteiger partial charge is 0.0431 e. The fraction of sp³-hybridized carbons (Fsp3) is 1.00. The molecule has 0 aromatic carbocycles. The lowest BCUT2D eigenvalue weighted by molar-refractivity contribution is 0.282. The largest absolute Gasteiger partial charge is 0.759 e. The van der Waals surface area contributed by atoms with Crippen LogP contribution < -0.4 is 0 Å². The van der Waals surface area contributed by atoms with Crippen LogP contribution in [0, 0.1) is 5.92 Å². The van der Waals surface area contributed by atoms with E-state index in [-0.39, 0.29) is 0 Å². The van der Waals surface area contributed by atoms with Gasteiger partial charge in [-0.05, 0) is 12.3 Å². The van der Waals surface area contributed by atoms with Gasteiger partial charge in [-0.2, -0.15) is 0 Å². The van der Waals surface area contributed by atoms with Gasteiger partial charge in [-0.25, -0.2) is 0 Å². The van der Waals surface area contributed by atoms with Gasteiger partial charge in [-0.1, -0.05) is 58.8 Å². The molecule has 0 saturated heterocycles. The highest BCUT2D eigenvalue weighted by molar-refractivity contribution is 7.79. The molecule has 0 fully saturated rings. The van der Waals surface area contributed by atoms with E-state index in [2.05, 4.69) is 13.8 Å². The molecule has 0 amide bonds. The van der Waals surface area contributed by atoms with Crippen LogP contribution in [0.5, 0.6) is 0 Å². The Balaban J connectivity index is 0. The SMILES string of the molecule is CCC(C)CCCCCCCCO.O=S(=O)([O-])[O-].